The number of carbonyl (C=O) groups is 2. The zero-order chi connectivity index (χ0) is 28.5. The molecule has 2 amide bonds. The monoisotopic (exact) mass is 582 g/mol. The fraction of sp³-hybridized carbons (Fsp3) is 0.750. The third-order valence-electron chi connectivity index (χ3n) is 3.11. The Labute approximate surface area is 223 Å². The van der Waals surface area contributed by atoms with E-state index in [2.05, 4.69) is 27.8 Å². The minimum Gasteiger partial charge on any atom is -0.444 e. The minimum absolute atomic E-state index is 0.0904. The van der Waals surface area contributed by atoms with Gasteiger partial charge in [-0.3, -0.25) is 4.57 Å². The summed E-state index contributed by atoms with van der Waals surface area (Å²) < 4.78 is 23.4. The van der Waals surface area contributed by atoms with Gasteiger partial charge in [0.25, 0.3) is 0 Å². The summed E-state index contributed by atoms with van der Waals surface area (Å²) in [7, 11) is 5.08. The van der Waals surface area contributed by atoms with Gasteiger partial charge in [0.15, 0.2) is 0 Å². The first-order chi connectivity index (χ1) is 16.1. The van der Waals surface area contributed by atoms with Crippen molar-refractivity contribution in [2.45, 2.75) is 65.6 Å². The molecular formula is C24H44BrN2O7P. The molecule has 1 N–H and O–H groups in total. The van der Waals surface area contributed by atoms with Crippen LogP contribution >= 0.6 is 25.0 Å². The second-order valence-electron chi connectivity index (χ2n) is 8.83. The van der Waals surface area contributed by atoms with Gasteiger partial charge in [0.05, 0.1) is 5.33 Å². The van der Waals surface area contributed by atoms with Crippen LogP contribution in [0.15, 0.2) is 0 Å². The van der Waals surface area contributed by atoms with Crippen molar-refractivity contribution in [3.63, 3.8) is 0 Å². The molecule has 0 aromatic heterocycles. The van der Waals surface area contributed by atoms with E-state index in [1.807, 2.05) is 41.5 Å². The highest BCUT2D eigenvalue weighted by Crippen LogP contribution is 2.09. The van der Waals surface area contributed by atoms with Gasteiger partial charge in [0, 0.05) is 40.4 Å². The van der Waals surface area contributed by atoms with E-state index >= 15 is 0 Å². The Morgan fingerprint density at radius 3 is 1.54 bits per heavy atom. The largest absolute Gasteiger partial charge is 0.444 e. The average molecular weight is 584 g/mol. The molecule has 0 saturated heterocycles. The van der Waals surface area contributed by atoms with E-state index in [1.54, 1.807) is 23.2 Å². The summed E-state index contributed by atoms with van der Waals surface area (Å²) in [6, 6.07) is 0. The predicted molar refractivity (Wildman–Crippen MR) is 145 cm³/mol. The van der Waals surface area contributed by atoms with E-state index in [0.29, 0.717) is 38.1 Å². The van der Waals surface area contributed by atoms with Crippen molar-refractivity contribution >= 4 is 37.2 Å². The van der Waals surface area contributed by atoms with E-state index in [0.717, 1.165) is 6.42 Å². The van der Waals surface area contributed by atoms with Crippen LogP contribution in [0.3, 0.4) is 0 Å². The van der Waals surface area contributed by atoms with Crippen LogP contribution in [0.25, 0.3) is 0 Å². The van der Waals surface area contributed by atoms with Gasteiger partial charge in [-0.1, -0.05) is 27.8 Å². The number of aliphatic hydroxyl groups excluding tert-OH is 1. The summed E-state index contributed by atoms with van der Waals surface area (Å²) in [6.07, 6.45) is 10.4. The fourth-order valence-corrected chi connectivity index (χ4v) is 1.71. The molecule has 0 aromatic carbocycles. The number of hydrogen-bond donors (Lipinski definition) is 1. The molecule has 0 radical (unpaired) electrons. The highest BCUT2D eigenvalue weighted by Gasteiger charge is 2.19. The van der Waals surface area contributed by atoms with E-state index in [4.69, 9.17) is 36.7 Å². The van der Waals surface area contributed by atoms with Crippen LogP contribution in [-0.2, 0) is 18.8 Å². The van der Waals surface area contributed by atoms with Crippen molar-refractivity contribution < 1.29 is 33.5 Å². The SMILES string of the molecule is C#CCBr.C#CCOCCCN(C)C(=O)OC(C)(C)C.CN(CCCO)C(=O)OC(C)(C)C.O=P. The Balaban J connectivity index is -0.000000227. The zero-order valence-electron chi connectivity index (χ0n) is 22.5. The summed E-state index contributed by atoms with van der Waals surface area (Å²) >= 11 is 3.01. The third kappa shape index (κ3) is 36.9. The van der Waals surface area contributed by atoms with E-state index in [-0.39, 0.29) is 18.8 Å². The van der Waals surface area contributed by atoms with Crippen molar-refractivity contribution in [2.24, 2.45) is 0 Å². The summed E-state index contributed by atoms with van der Waals surface area (Å²) in [5.41, 5.74) is -0.907. The molecule has 11 heteroatoms. The van der Waals surface area contributed by atoms with Crippen LogP contribution < -0.4 is 0 Å². The molecule has 0 rings (SSSR count). The highest BCUT2D eigenvalue weighted by atomic mass is 79.9. The van der Waals surface area contributed by atoms with Crippen LogP contribution in [0.4, 0.5) is 9.59 Å². The number of hydrogen-bond acceptors (Lipinski definition) is 7. The van der Waals surface area contributed by atoms with Crippen LogP contribution in [-0.4, -0.2) is 90.6 Å². The molecule has 0 bridgehead atoms. The Kier molecular flexibility index (Phi) is 29.1. The van der Waals surface area contributed by atoms with E-state index in [1.165, 1.54) is 9.80 Å². The number of alkyl halides is 1. The number of carbonyl (C=O) groups excluding carboxylic acids is 2. The van der Waals surface area contributed by atoms with Crippen LogP contribution in [0.2, 0.25) is 0 Å². The second kappa shape index (κ2) is 25.3. The quantitative estimate of drug-likeness (QED) is 0.193. The number of halogens is 1. The van der Waals surface area contributed by atoms with Crippen molar-refractivity contribution in [3.05, 3.63) is 0 Å². The average Bonchev–Trinajstić information content (AvgIpc) is 2.76. The Morgan fingerprint density at radius 1 is 0.886 bits per heavy atom. The third-order valence-corrected chi connectivity index (χ3v) is 3.43. The first-order valence-electron chi connectivity index (χ1n) is 10.8. The second-order valence-corrected chi connectivity index (χ2v) is 9.39. The van der Waals surface area contributed by atoms with Gasteiger partial charge in [-0.25, -0.2) is 9.59 Å². The lowest BCUT2D eigenvalue weighted by molar-refractivity contribution is 0.0276. The summed E-state index contributed by atoms with van der Waals surface area (Å²) in [5.74, 6) is 4.73. The van der Waals surface area contributed by atoms with Gasteiger partial charge in [0.2, 0.25) is 0 Å². The Hall–Kier alpha value is -1.84. The van der Waals surface area contributed by atoms with Crippen LogP contribution in [0.1, 0.15) is 54.4 Å². The van der Waals surface area contributed by atoms with Crippen molar-refractivity contribution in [2.75, 3.05) is 52.3 Å². The molecule has 0 aromatic rings. The van der Waals surface area contributed by atoms with Crippen LogP contribution in [0.5, 0.6) is 0 Å². The standard InChI is InChI=1S/C12H21NO3.C9H19NO3.C3H3Br.HOP/c1-6-9-15-10-7-8-13(5)11(14)16-12(2,3)4;1-9(2,3)13-8(12)10(4)6-5-7-11;1-2-3-4;1-2/h1H,7-10H2,2-5H3;11H,5-7H2,1-4H3;1H,3H2;2H. The van der Waals surface area contributed by atoms with Crippen molar-refractivity contribution in [1.29, 1.82) is 0 Å². The fourth-order valence-electron chi connectivity index (χ4n) is 1.71. The van der Waals surface area contributed by atoms with Gasteiger partial charge >= 0.3 is 12.2 Å². The molecule has 0 heterocycles. The molecule has 0 atom stereocenters. The number of terminal acetylenes is 2. The van der Waals surface area contributed by atoms with Gasteiger partial charge in [-0.05, 0) is 54.4 Å². The van der Waals surface area contributed by atoms with Gasteiger partial charge in [-0.2, -0.15) is 0 Å². The zero-order valence-corrected chi connectivity index (χ0v) is 25.1. The maximum atomic E-state index is 11.5. The molecular weight excluding hydrogens is 539 g/mol. The molecule has 35 heavy (non-hydrogen) atoms. The smallest absolute Gasteiger partial charge is 0.410 e. The molecule has 0 spiro atoms. The number of amides is 2. The lowest BCUT2D eigenvalue weighted by Crippen LogP contribution is -2.35. The van der Waals surface area contributed by atoms with Gasteiger partial charge in [-0.15, -0.1) is 12.8 Å². The molecule has 204 valence electrons. The summed E-state index contributed by atoms with van der Waals surface area (Å²) in [5, 5.41) is 9.21. The minimum atomic E-state index is -0.454. The maximum Gasteiger partial charge on any atom is 0.410 e. The van der Waals surface area contributed by atoms with Crippen molar-refractivity contribution in [3.8, 4) is 24.7 Å². The molecule has 9 nitrogen and oxygen atoms in total. The normalized spacial score (nSPS) is 9.71. The van der Waals surface area contributed by atoms with Crippen molar-refractivity contribution in [1.82, 2.24) is 9.80 Å². The number of nitrogens with zero attached hydrogens (tertiary/aromatic N) is 2. The highest BCUT2D eigenvalue weighted by molar-refractivity contribution is 9.09. The Bertz CT molecular complexity index is 623. The molecule has 0 aliphatic carbocycles. The molecule has 0 saturated carbocycles. The number of aliphatic hydroxyl groups is 1. The lowest BCUT2D eigenvalue weighted by atomic mass is 10.2. The molecule has 0 fully saturated rings. The predicted octanol–water partition coefficient (Wildman–Crippen LogP) is 4.62. The van der Waals surface area contributed by atoms with Gasteiger partial charge in [0.1, 0.15) is 26.9 Å². The summed E-state index contributed by atoms with van der Waals surface area (Å²) in [4.78, 5) is 25.8. The topological polar surface area (TPSA) is 106 Å². The number of ether oxygens (including phenoxy) is 3. The first-order valence-corrected chi connectivity index (χ1v) is 12.4. The van der Waals surface area contributed by atoms with Gasteiger partial charge < -0.3 is 29.1 Å². The summed E-state index contributed by atoms with van der Waals surface area (Å²) in [6.45, 7) is 13.1. The lowest BCUT2D eigenvalue weighted by Gasteiger charge is -2.24. The first kappa shape index (κ1) is 40.3. The molecule has 0 unspecified atom stereocenters. The Morgan fingerprint density at radius 2 is 1.26 bits per heavy atom. The maximum absolute atomic E-state index is 11.5. The number of rotatable bonds is 8. The van der Waals surface area contributed by atoms with E-state index in [9.17, 15) is 9.59 Å². The molecule has 0 aliphatic rings. The van der Waals surface area contributed by atoms with E-state index < -0.39 is 11.2 Å². The van der Waals surface area contributed by atoms with Crippen LogP contribution in [0, 0.1) is 24.7 Å². The molecule has 0 aliphatic heterocycles.